The van der Waals surface area contributed by atoms with Crippen LogP contribution in [0.15, 0.2) is 71.6 Å². The summed E-state index contributed by atoms with van der Waals surface area (Å²) in [6, 6.07) is 18.5. The highest BCUT2D eigenvalue weighted by Crippen LogP contribution is 2.29. The van der Waals surface area contributed by atoms with E-state index in [1.807, 2.05) is 52.0 Å². The first-order chi connectivity index (χ1) is 18.5. The molecule has 0 aliphatic heterocycles. The van der Waals surface area contributed by atoms with Crippen molar-refractivity contribution in [2.75, 3.05) is 25.0 Å². The fourth-order valence-corrected chi connectivity index (χ4v) is 5.86. The molecule has 3 rings (SSSR count). The van der Waals surface area contributed by atoms with Gasteiger partial charge in [0.15, 0.2) is 0 Å². The van der Waals surface area contributed by atoms with Crippen LogP contribution in [0, 0.1) is 20.8 Å². The Hall–Kier alpha value is -3.85. The van der Waals surface area contributed by atoms with E-state index in [4.69, 9.17) is 4.74 Å². The topological polar surface area (TPSA) is 96.0 Å². The van der Waals surface area contributed by atoms with Crippen molar-refractivity contribution in [2.45, 2.75) is 51.6 Å². The summed E-state index contributed by atoms with van der Waals surface area (Å²) < 4.78 is 34.5. The number of hydrogen-bond donors (Lipinski definition) is 1. The number of anilines is 1. The molecule has 39 heavy (non-hydrogen) atoms. The fraction of sp³-hybridized carbons (Fsp3) is 0.333. The van der Waals surface area contributed by atoms with Gasteiger partial charge in [-0.3, -0.25) is 13.9 Å². The zero-order valence-electron chi connectivity index (χ0n) is 23.4. The summed E-state index contributed by atoms with van der Waals surface area (Å²) in [5.74, 6) is -0.204. The van der Waals surface area contributed by atoms with Gasteiger partial charge in [-0.25, -0.2) is 8.42 Å². The number of amides is 2. The number of aryl methyl sites for hydroxylation is 3. The van der Waals surface area contributed by atoms with Gasteiger partial charge in [-0.15, -0.1) is 0 Å². The number of hydrogen-bond acceptors (Lipinski definition) is 5. The molecule has 1 N–H and O–H groups in total. The lowest BCUT2D eigenvalue weighted by Gasteiger charge is -2.33. The zero-order valence-corrected chi connectivity index (χ0v) is 24.2. The van der Waals surface area contributed by atoms with Gasteiger partial charge in [-0.1, -0.05) is 48.9 Å². The highest BCUT2D eigenvalue weighted by Gasteiger charge is 2.34. The highest BCUT2D eigenvalue weighted by atomic mass is 32.2. The zero-order chi connectivity index (χ0) is 28.7. The van der Waals surface area contributed by atoms with Crippen LogP contribution in [0.4, 0.5) is 5.69 Å². The Labute approximate surface area is 231 Å². The van der Waals surface area contributed by atoms with Gasteiger partial charge in [-0.2, -0.15) is 0 Å². The second kappa shape index (κ2) is 12.8. The molecule has 0 aliphatic rings. The van der Waals surface area contributed by atoms with Crippen molar-refractivity contribution >= 4 is 27.5 Å². The van der Waals surface area contributed by atoms with Crippen LogP contribution in [0.2, 0.25) is 0 Å². The summed E-state index contributed by atoms with van der Waals surface area (Å²) in [6.07, 6.45) is 0.351. The minimum absolute atomic E-state index is 0.0829. The van der Waals surface area contributed by atoms with Crippen LogP contribution in [0.1, 0.15) is 35.6 Å². The molecular weight excluding hydrogens is 514 g/mol. The fourth-order valence-electron chi connectivity index (χ4n) is 4.39. The number of nitrogens with zero attached hydrogens (tertiary/aromatic N) is 2. The van der Waals surface area contributed by atoms with Crippen LogP contribution in [0.3, 0.4) is 0 Å². The van der Waals surface area contributed by atoms with Crippen LogP contribution in [-0.4, -0.2) is 51.9 Å². The molecule has 8 nitrogen and oxygen atoms in total. The van der Waals surface area contributed by atoms with Crippen LogP contribution >= 0.6 is 0 Å². The van der Waals surface area contributed by atoms with Gasteiger partial charge in [0.1, 0.15) is 18.3 Å². The van der Waals surface area contributed by atoms with Crippen molar-refractivity contribution in [2.24, 2.45) is 0 Å². The van der Waals surface area contributed by atoms with Crippen LogP contribution in [0.25, 0.3) is 0 Å². The lowest BCUT2D eigenvalue weighted by atomic mass is 10.1. The molecule has 0 aliphatic carbocycles. The molecule has 3 aromatic carbocycles. The predicted molar refractivity (Wildman–Crippen MR) is 153 cm³/mol. The molecule has 3 aromatic rings. The van der Waals surface area contributed by atoms with E-state index in [1.54, 1.807) is 49.6 Å². The second-order valence-electron chi connectivity index (χ2n) is 9.53. The van der Waals surface area contributed by atoms with E-state index in [1.165, 1.54) is 11.9 Å². The number of carbonyl (C=O) groups excluding carboxylic acids is 2. The maximum atomic E-state index is 14.0. The molecule has 2 amide bonds. The van der Waals surface area contributed by atoms with E-state index in [-0.39, 0.29) is 17.3 Å². The standard InChI is InChI=1S/C30H37N3O5S/c1-7-27(30(35)31-5)32(19-24-9-8-10-25(18-24)38-6)29(34)20-33(28-17-22(3)11-14-23(28)4)39(36,37)26-15-12-21(2)13-16-26/h8-18,27H,7,19-20H2,1-6H3,(H,31,35)/t27-/m1/s1. The number of ether oxygens (including phenoxy) is 1. The van der Waals surface area contributed by atoms with Gasteiger partial charge < -0.3 is 15.0 Å². The van der Waals surface area contributed by atoms with Gasteiger partial charge in [-0.05, 0) is 74.2 Å². The number of carbonyl (C=O) groups is 2. The number of nitrogens with one attached hydrogen (secondary N) is 1. The van der Waals surface area contributed by atoms with Crippen molar-refractivity contribution in [1.29, 1.82) is 0 Å². The summed E-state index contributed by atoms with van der Waals surface area (Å²) >= 11 is 0. The first-order valence-electron chi connectivity index (χ1n) is 12.8. The monoisotopic (exact) mass is 551 g/mol. The van der Waals surface area contributed by atoms with E-state index in [2.05, 4.69) is 5.32 Å². The van der Waals surface area contributed by atoms with E-state index in [0.717, 1.165) is 21.0 Å². The lowest BCUT2D eigenvalue weighted by Crippen LogP contribution is -2.51. The Bertz CT molecular complexity index is 1420. The molecule has 0 aromatic heterocycles. The third kappa shape index (κ3) is 6.97. The summed E-state index contributed by atoms with van der Waals surface area (Å²) in [5, 5.41) is 2.63. The minimum Gasteiger partial charge on any atom is -0.497 e. The van der Waals surface area contributed by atoms with Crippen LogP contribution in [0.5, 0.6) is 5.75 Å². The van der Waals surface area contributed by atoms with Gasteiger partial charge in [0.05, 0.1) is 17.7 Å². The normalized spacial score (nSPS) is 11.9. The summed E-state index contributed by atoms with van der Waals surface area (Å²) in [7, 11) is -1.04. The maximum Gasteiger partial charge on any atom is 0.264 e. The smallest absolute Gasteiger partial charge is 0.264 e. The molecule has 0 bridgehead atoms. The molecule has 0 spiro atoms. The Morgan fingerprint density at radius 2 is 1.62 bits per heavy atom. The highest BCUT2D eigenvalue weighted by molar-refractivity contribution is 7.92. The predicted octanol–water partition coefficient (Wildman–Crippen LogP) is 4.37. The van der Waals surface area contributed by atoms with Crippen molar-refractivity contribution in [3.8, 4) is 5.75 Å². The SMILES string of the molecule is CC[C@H](C(=O)NC)N(Cc1cccc(OC)c1)C(=O)CN(c1cc(C)ccc1C)S(=O)(=O)c1ccc(C)cc1. The van der Waals surface area contributed by atoms with Crippen molar-refractivity contribution in [3.63, 3.8) is 0 Å². The molecule has 0 fully saturated rings. The largest absolute Gasteiger partial charge is 0.497 e. The molecule has 0 saturated heterocycles. The molecular formula is C30H37N3O5S. The molecule has 0 radical (unpaired) electrons. The molecule has 208 valence electrons. The molecule has 0 saturated carbocycles. The third-order valence-electron chi connectivity index (χ3n) is 6.64. The third-order valence-corrected chi connectivity index (χ3v) is 8.41. The Balaban J connectivity index is 2.11. The van der Waals surface area contributed by atoms with Crippen LogP contribution in [-0.2, 0) is 26.2 Å². The molecule has 0 heterocycles. The maximum absolute atomic E-state index is 14.0. The Kier molecular flexibility index (Phi) is 9.75. The van der Waals surface area contributed by atoms with Gasteiger partial charge in [0.2, 0.25) is 11.8 Å². The Morgan fingerprint density at radius 1 is 0.949 bits per heavy atom. The number of likely N-dealkylation sites (N-methyl/N-ethyl adjacent to an activating group) is 1. The Morgan fingerprint density at radius 3 is 2.23 bits per heavy atom. The number of benzene rings is 3. The van der Waals surface area contributed by atoms with Gasteiger partial charge in [0, 0.05) is 13.6 Å². The first-order valence-corrected chi connectivity index (χ1v) is 14.3. The first kappa shape index (κ1) is 29.7. The molecule has 9 heteroatoms. The molecule has 0 unspecified atom stereocenters. The van der Waals surface area contributed by atoms with E-state index >= 15 is 0 Å². The van der Waals surface area contributed by atoms with E-state index < -0.39 is 28.5 Å². The van der Waals surface area contributed by atoms with E-state index in [9.17, 15) is 18.0 Å². The number of sulfonamides is 1. The van der Waals surface area contributed by atoms with E-state index in [0.29, 0.717) is 23.4 Å². The van der Waals surface area contributed by atoms with Crippen molar-refractivity contribution < 1.29 is 22.7 Å². The van der Waals surface area contributed by atoms with Gasteiger partial charge >= 0.3 is 0 Å². The lowest BCUT2D eigenvalue weighted by molar-refractivity contribution is -0.140. The quantitative estimate of drug-likeness (QED) is 0.382. The van der Waals surface area contributed by atoms with Gasteiger partial charge in [0.25, 0.3) is 10.0 Å². The van der Waals surface area contributed by atoms with Crippen LogP contribution < -0.4 is 14.4 Å². The molecule has 1 atom stereocenters. The minimum atomic E-state index is -4.12. The van der Waals surface area contributed by atoms with Crippen molar-refractivity contribution in [1.82, 2.24) is 10.2 Å². The van der Waals surface area contributed by atoms with Crippen molar-refractivity contribution in [3.05, 3.63) is 89.0 Å². The second-order valence-corrected chi connectivity index (χ2v) is 11.4. The average molecular weight is 552 g/mol. The summed E-state index contributed by atoms with van der Waals surface area (Å²) in [6.45, 7) is 7.00. The number of rotatable bonds is 11. The summed E-state index contributed by atoms with van der Waals surface area (Å²) in [4.78, 5) is 28.4. The number of methoxy groups -OCH3 is 1. The average Bonchev–Trinajstić information content (AvgIpc) is 2.93. The summed E-state index contributed by atoms with van der Waals surface area (Å²) in [5.41, 5.74) is 3.66.